The molecular weight excluding hydrogens is 506 g/mol. The van der Waals surface area contributed by atoms with E-state index in [4.69, 9.17) is 5.26 Å². The number of amides is 1. The second-order valence-corrected chi connectivity index (χ2v) is 13.6. The number of rotatable bonds is 8. The van der Waals surface area contributed by atoms with Crippen molar-refractivity contribution in [3.8, 4) is 6.07 Å². The molecule has 5 rings (SSSR count). The fourth-order valence-electron chi connectivity index (χ4n) is 5.05. The summed E-state index contributed by atoms with van der Waals surface area (Å²) in [6.45, 7) is 3.71. The topological polar surface area (TPSA) is 145 Å². The van der Waals surface area contributed by atoms with Gasteiger partial charge in [-0.1, -0.05) is 12.1 Å². The van der Waals surface area contributed by atoms with Crippen LogP contribution in [0.2, 0.25) is 0 Å². The van der Waals surface area contributed by atoms with Crippen molar-refractivity contribution in [1.82, 2.24) is 14.9 Å². The molecule has 0 atom stereocenters. The molecule has 0 saturated heterocycles. The zero-order valence-electron chi connectivity index (χ0n) is 21.3. The average molecular weight is 536 g/mol. The van der Waals surface area contributed by atoms with Gasteiger partial charge in [0.1, 0.15) is 5.56 Å². The third kappa shape index (κ3) is 4.14. The van der Waals surface area contributed by atoms with Gasteiger partial charge in [-0.25, -0.2) is 13.4 Å². The summed E-state index contributed by atoms with van der Waals surface area (Å²) in [7, 11) is -3.64. The number of nitrogens with one attached hydrogen (secondary N) is 1. The Labute approximate surface area is 220 Å². The van der Waals surface area contributed by atoms with Crippen molar-refractivity contribution in [2.75, 3.05) is 24.6 Å². The predicted octanol–water partition coefficient (Wildman–Crippen LogP) is 1.74. The normalized spacial score (nSPS) is 16.2. The third-order valence-electron chi connectivity index (χ3n) is 7.62. The average Bonchev–Trinajstić information content (AvgIpc) is 3.71. The molecule has 198 valence electrons. The van der Waals surface area contributed by atoms with E-state index in [1.165, 1.54) is 4.57 Å². The molecule has 0 unspecified atom stereocenters. The smallest absolute Gasteiger partial charge is 0.264 e. The molecule has 2 aromatic heterocycles. The molecule has 1 aliphatic heterocycles. The summed E-state index contributed by atoms with van der Waals surface area (Å²) in [6.07, 6.45) is 2.61. The number of carbonyl (C=O) groups excluding carboxylic acids is 1. The maximum absolute atomic E-state index is 13.4. The van der Waals surface area contributed by atoms with E-state index in [1.807, 2.05) is 11.0 Å². The first-order valence-electron chi connectivity index (χ1n) is 12.4. The maximum atomic E-state index is 13.4. The lowest BCUT2D eigenvalue weighted by atomic mass is 10.1. The minimum absolute atomic E-state index is 0.0164. The van der Waals surface area contributed by atoms with Gasteiger partial charge in [-0.05, 0) is 56.5 Å². The van der Waals surface area contributed by atoms with Crippen LogP contribution in [0.5, 0.6) is 0 Å². The predicted molar refractivity (Wildman–Crippen MR) is 143 cm³/mol. The maximum Gasteiger partial charge on any atom is 0.264 e. The highest BCUT2D eigenvalue weighted by Gasteiger charge is 2.60. The van der Waals surface area contributed by atoms with E-state index in [-0.39, 0.29) is 25.2 Å². The van der Waals surface area contributed by atoms with Gasteiger partial charge in [0.15, 0.2) is 15.7 Å². The Balaban J connectivity index is 1.43. The van der Waals surface area contributed by atoms with Gasteiger partial charge in [0.2, 0.25) is 0 Å². The van der Waals surface area contributed by atoms with Gasteiger partial charge >= 0.3 is 0 Å². The van der Waals surface area contributed by atoms with E-state index in [0.717, 1.165) is 5.56 Å². The van der Waals surface area contributed by atoms with Gasteiger partial charge in [-0.3, -0.25) is 9.59 Å². The number of nitriles is 1. The molecule has 1 saturated carbocycles. The van der Waals surface area contributed by atoms with Gasteiger partial charge in [0.05, 0.1) is 33.3 Å². The number of aromatic nitrogens is 2. The van der Waals surface area contributed by atoms with Crippen LogP contribution in [-0.2, 0) is 22.9 Å². The summed E-state index contributed by atoms with van der Waals surface area (Å²) in [5.41, 5.74) is 1.48. The van der Waals surface area contributed by atoms with Crippen LogP contribution in [0.15, 0.2) is 47.4 Å². The second-order valence-electron chi connectivity index (χ2n) is 10.6. The molecule has 0 radical (unpaired) electrons. The third-order valence-corrected chi connectivity index (χ3v) is 10.9. The summed E-state index contributed by atoms with van der Waals surface area (Å²) < 4.78 is 26.1. The molecule has 1 fully saturated rings. The van der Waals surface area contributed by atoms with Crippen LogP contribution in [0.4, 0.5) is 5.82 Å². The number of hydrogen-bond donors (Lipinski definition) is 2. The Hall–Kier alpha value is -3.75. The molecule has 2 N–H and O–H groups in total. The van der Waals surface area contributed by atoms with Gasteiger partial charge in [-0.2, -0.15) is 5.26 Å². The fraction of sp³-hybridized carbons (Fsp3) is 0.407. The Bertz CT molecular complexity index is 1630. The van der Waals surface area contributed by atoms with Crippen LogP contribution in [0.1, 0.15) is 48.2 Å². The quantitative estimate of drug-likeness (QED) is 0.444. The second kappa shape index (κ2) is 9.22. The largest absolute Gasteiger partial charge is 0.395 e. The number of nitrogens with zero attached hydrogens (tertiary/aromatic N) is 4. The van der Waals surface area contributed by atoms with Crippen molar-refractivity contribution in [2.45, 2.75) is 49.3 Å². The number of aliphatic hydroxyl groups is 1. The van der Waals surface area contributed by atoms with Crippen molar-refractivity contribution in [2.24, 2.45) is 0 Å². The first-order chi connectivity index (χ1) is 18.0. The standard InChI is InChI=1S/C27H29N5O5S/c1-26(2,17-33)38(36,37)27(8-9-27)16-31-11-12-32-22-20(7-10-29-23(22)31)13-21(25(32)35)24(34)30-15-19-5-3-18(14-28)4-6-19/h3-7,10,13,33H,8-9,11-12,15-17H2,1-2H3,(H,30,34). The van der Waals surface area contributed by atoms with Crippen LogP contribution >= 0.6 is 0 Å². The lowest BCUT2D eigenvalue weighted by Crippen LogP contribution is -2.50. The highest BCUT2D eigenvalue weighted by atomic mass is 32.2. The van der Waals surface area contributed by atoms with Crippen LogP contribution in [0, 0.1) is 11.3 Å². The SMILES string of the molecule is CC(C)(CO)S(=O)(=O)C1(CN2CCn3c(=O)c(C(=O)NCc4ccc(C#N)cc4)cc4ccnc2c43)CC1. The lowest BCUT2D eigenvalue weighted by Gasteiger charge is -2.36. The number of sulfone groups is 1. The highest BCUT2D eigenvalue weighted by molar-refractivity contribution is 7.94. The summed E-state index contributed by atoms with van der Waals surface area (Å²) in [5, 5.41) is 22.1. The number of carbonyl (C=O) groups is 1. The van der Waals surface area contributed by atoms with E-state index in [1.54, 1.807) is 56.4 Å². The molecule has 0 bridgehead atoms. The molecule has 3 heterocycles. The molecule has 10 nitrogen and oxygen atoms in total. The van der Waals surface area contributed by atoms with Crippen molar-refractivity contribution in [1.29, 1.82) is 5.26 Å². The number of hydrogen-bond acceptors (Lipinski definition) is 8. The number of aliphatic hydroxyl groups excluding tert-OH is 1. The van der Waals surface area contributed by atoms with E-state index in [9.17, 15) is 23.1 Å². The van der Waals surface area contributed by atoms with E-state index in [2.05, 4.69) is 10.3 Å². The molecule has 11 heteroatoms. The molecular formula is C27H29N5O5S. The molecule has 3 aromatic rings. The minimum atomic E-state index is -3.64. The Morgan fingerprint density at radius 3 is 2.55 bits per heavy atom. The summed E-state index contributed by atoms with van der Waals surface area (Å²) in [4.78, 5) is 32.8. The van der Waals surface area contributed by atoms with Gasteiger partial charge in [0.25, 0.3) is 11.5 Å². The van der Waals surface area contributed by atoms with Gasteiger partial charge in [-0.15, -0.1) is 0 Å². The number of pyridine rings is 2. The minimum Gasteiger partial charge on any atom is -0.395 e. The number of anilines is 1. The molecule has 0 spiro atoms. The molecule has 38 heavy (non-hydrogen) atoms. The zero-order valence-corrected chi connectivity index (χ0v) is 22.1. The first-order valence-corrected chi connectivity index (χ1v) is 13.9. The first kappa shape index (κ1) is 25.9. The lowest BCUT2D eigenvalue weighted by molar-refractivity contribution is 0.0949. The Kier molecular flexibility index (Phi) is 6.28. The number of benzene rings is 1. The summed E-state index contributed by atoms with van der Waals surface area (Å²) in [5.74, 6) is 0.0127. The molecule has 2 aliphatic rings. The summed E-state index contributed by atoms with van der Waals surface area (Å²) in [6, 6.07) is 12.2. The van der Waals surface area contributed by atoms with E-state index < -0.39 is 37.4 Å². The van der Waals surface area contributed by atoms with Gasteiger partial charge in [0, 0.05) is 37.8 Å². The zero-order chi connectivity index (χ0) is 27.3. The Morgan fingerprint density at radius 2 is 1.92 bits per heavy atom. The van der Waals surface area contributed by atoms with Crippen LogP contribution in [-0.4, -0.2) is 58.2 Å². The van der Waals surface area contributed by atoms with Crippen LogP contribution in [0.3, 0.4) is 0 Å². The van der Waals surface area contributed by atoms with Crippen molar-refractivity contribution >= 4 is 32.5 Å². The van der Waals surface area contributed by atoms with Crippen molar-refractivity contribution in [3.05, 3.63) is 69.6 Å². The van der Waals surface area contributed by atoms with Crippen molar-refractivity contribution < 1.29 is 18.3 Å². The molecule has 1 aliphatic carbocycles. The fourth-order valence-corrected chi connectivity index (χ4v) is 7.35. The highest BCUT2D eigenvalue weighted by Crippen LogP contribution is 2.49. The van der Waals surface area contributed by atoms with Crippen LogP contribution in [0.25, 0.3) is 10.9 Å². The van der Waals surface area contributed by atoms with Gasteiger partial charge < -0.3 is 19.9 Å². The van der Waals surface area contributed by atoms with Crippen LogP contribution < -0.4 is 15.8 Å². The van der Waals surface area contributed by atoms with Crippen molar-refractivity contribution in [3.63, 3.8) is 0 Å². The monoisotopic (exact) mass is 535 g/mol. The molecule has 1 aromatic carbocycles. The Morgan fingerprint density at radius 1 is 1.21 bits per heavy atom. The molecule has 1 amide bonds. The summed E-state index contributed by atoms with van der Waals surface area (Å²) >= 11 is 0. The van der Waals surface area contributed by atoms with E-state index >= 15 is 0 Å². The van der Waals surface area contributed by atoms with E-state index in [0.29, 0.717) is 41.7 Å².